The van der Waals surface area contributed by atoms with Crippen molar-refractivity contribution in [2.45, 2.75) is 29.9 Å². The Balaban J connectivity index is 0.00000160. The van der Waals surface area contributed by atoms with Gasteiger partial charge in [0.25, 0.3) is 0 Å². The van der Waals surface area contributed by atoms with Crippen molar-refractivity contribution < 1.29 is 57.7 Å². The van der Waals surface area contributed by atoms with E-state index >= 15 is 0 Å². The van der Waals surface area contributed by atoms with Crippen LogP contribution in [0.1, 0.15) is 33.7 Å². The van der Waals surface area contributed by atoms with Crippen molar-refractivity contribution in [2.24, 2.45) is 0 Å². The molecule has 158 valence electrons. The Bertz CT molecular complexity index is 998. The van der Waals surface area contributed by atoms with E-state index in [0.717, 1.165) is 6.42 Å². The van der Waals surface area contributed by atoms with Crippen molar-refractivity contribution in [3.63, 3.8) is 0 Å². The number of aryl methyl sites for hydroxylation is 2. The molecule has 1 aliphatic rings. The molecule has 0 aliphatic heterocycles. The third-order valence-electron chi connectivity index (χ3n) is 5.63. The zero-order valence-electron chi connectivity index (χ0n) is 17.7. The van der Waals surface area contributed by atoms with Crippen molar-refractivity contribution in [3.8, 4) is 0 Å². The molecule has 4 heteroatoms. The van der Waals surface area contributed by atoms with Crippen LogP contribution in [0.25, 0.3) is 0 Å². The van der Waals surface area contributed by atoms with Gasteiger partial charge in [-0.1, -0.05) is 0 Å². The van der Waals surface area contributed by atoms with Gasteiger partial charge in [0.05, 0.1) is 0 Å². The zero-order valence-corrected chi connectivity index (χ0v) is 21.5. The summed E-state index contributed by atoms with van der Waals surface area (Å²) in [5.74, 6) is 0.293. The van der Waals surface area contributed by atoms with Gasteiger partial charge in [0, 0.05) is 0 Å². The van der Waals surface area contributed by atoms with E-state index in [1.807, 2.05) is 0 Å². The first-order valence-electron chi connectivity index (χ1n) is 9.87. The number of allylic oxidation sites excluding steroid dienone is 4. The van der Waals surface area contributed by atoms with Crippen LogP contribution in [-0.2, 0) is 26.9 Å². The smallest absolute Gasteiger partial charge is 1.00 e. The maximum atomic E-state index is 2.40. The van der Waals surface area contributed by atoms with Crippen LogP contribution in [0.4, 0.5) is 0 Å². The number of benzene rings is 3. The van der Waals surface area contributed by atoms with Gasteiger partial charge in [0.2, 0.25) is 0 Å². The van der Waals surface area contributed by atoms with E-state index in [1.165, 1.54) is 33.4 Å². The van der Waals surface area contributed by atoms with E-state index in [2.05, 4.69) is 131 Å². The third-order valence-corrected chi connectivity index (χ3v) is 6.84. The summed E-state index contributed by atoms with van der Waals surface area (Å²) < 4.78 is -0.0442. The average molecular weight is 504 g/mol. The fourth-order valence-corrected chi connectivity index (χ4v) is 5.22. The van der Waals surface area contributed by atoms with Crippen LogP contribution < -0.4 is 37.2 Å². The Morgan fingerprint density at radius 3 is 1.81 bits per heavy atom. The van der Waals surface area contributed by atoms with E-state index in [4.69, 9.17) is 0 Å². The molecule has 0 aromatic heterocycles. The van der Waals surface area contributed by atoms with Gasteiger partial charge in [-0.2, -0.15) is 0 Å². The molecule has 1 unspecified atom stereocenters. The summed E-state index contributed by atoms with van der Waals surface area (Å²) >= 11 is 2.40. The van der Waals surface area contributed by atoms with Gasteiger partial charge < -0.3 is 37.2 Å². The van der Waals surface area contributed by atoms with Gasteiger partial charge in [-0.05, 0) is 0 Å². The fraction of sp³-hybridized carbons (Fsp3) is 0.185. The Kier molecular flexibility index (Phi) is 10.8. The maximum absolute atomic E-state index is 2.40. The first-order valence-corrected chi connectivity index (χ1v) is 10.7. The Morgan fingerprint density at radius 1 is 0.742 bits per heavy atom. The third kappa shape index (κ3) is 6.16. The summed E-state index contributed by atoms with van der Waals surface area (Å²) in [6, 6.07) is 28.8. The summed E-state index contributed by atoms with van der Waals surface area (Å²) in [6.45, 7) is 4.37. The molecule has 1 atom stereocenters. The van der Waals surface area contributed by atoms with Crippen molar-refractivity contribution >= 4 is 0 Å². The number of rotatable bonds is 5. The van der Waals surface area contributed by atoms with Crippen molar-refractivity contribution in [3.05, 3.63) is 130 Å². The Labute approximate surface area is 216 Å². The second-order valence-corrected chi connectivity index (χ2v) is 9.14. The van der Waals surface area contributed by atoms with Gasteiger partial charge >= 0.3 is 181 Å². The molecule has 0 radical (unpaired) electrons. The second-order valence-electron chi connectivity index (χ2n) is 7.84. The normalized spacial score (nSPS) is 16.7. The molecule has 0 amide bonds. The monoisotopic (exact) mass is 502 g/mol. The van der Waals surface area contributed by atoms with E-state index in [1.54, 1.807) is 0 Å². The first-order chi connectivity index (χ1) is 13.6. The molecule has 0 spiro atoms. The van der Waals surface area contributed by atoms with Crippen LogP contribution in [0.5, 0.6) is 0 Å². The van der Waals surface area contributed by atoms with E-state index in [9.17, 15) is 0 Å². The maximum Gasteiger partial charge on any atom is -1.00 e. The molecule has 0 heterocycles. The van der Waals surface area contributed by atoms with Crippen molar-refractivity contribution in [1.82, 2.24) is 0 Å². The van der Waals surface area contributed by atoms with Gasteiger partial charge in [-0.25, -0.2) is 0 Å². The van der Waals surface area contributed by atoms with Crippen LogP contribution in [0.3, 0.4) is 0 Å². The van der Waals surface area contributed by atoms with E-state index in [-0.39, 0.29) is 40.9 Å². The van der Waals surface area contributed by atoms with E-state index in [0.29, 0.717) is 5.92 Å². The molecule has 0 nitrogen and oxygen atoms in total. The molecule has 31 heavy (non-hydrogen) atoms. The van der Waals surface area contributed by atoms with Gasteiger partial charge in [0.15, 0.2) is 0 Å². The fourth-order valence-electron chi connectivity index (χ4n) is 4.28. The van der Waals surface area contributed by atoms with Crippen LogP contribution in [0.15, 0.2) is 103 Å². The molecule has 4 rings (SSSR count). The van der Waals surface area contributed by atoms with E-state index < -0.39 is 0 Å². The molecule has 3 aromatic rings. The first kappa shape index (κ1) is 27.8. The number of hydrogen-bond acceptors (Lipinski definition) is 0. The summed E-state index contributed by atoms with van der Waals surface area (Å²) in [7, 11) is 0. The Hall–Kier alpha value is -1.28. The minimum atomic E-state index is -0.0442. The van der Waals surface area contributed by atoms with Crippen LogP contribution in [-0.4, -0.2) is 0 Å². The molecule has 0 saturated heterocycles. The Morgan fingerprint density at radius 2 is 1.29 bits per heavy atom. The average Bonchev–Trinajstić information content (AvgIpc) is 3.04. The quantitative estimate of drug-likeness (QED) is 0.350. The molecule has 0 saturated carbocycles. The van der Waals surface area contributed by atoms with Gasteiger partial charge in [0.1, 0.15) is 0 Å². The summed E-state index contributed by atoms with van der Waals surface area (Å²) in [5, 5.41) is 0. The van der Waals surface area contributed by atoms with Crippen LogP contribution in [0.2, 0.25) is 3.72 Å². The topological polar surface area (TPSA) is 0 Å². The SMILES string of the molecule is Cc1cccc(C(c2cccc(C)c2)[C]2([Ti+3])C=CC=C2Cc2ccccc2)c1.[Cl-].[Cl-].[Cl-]. The molecule has 3 aromatic carbocycles. The molecular weight excluding hydrogens is 479 g/mol. The largest absolute Gasteiger partial charge is 1.00 e. The molecule has 1 aliphatic carbocycles. The number of halogens is 3. The standard InChI is InChI=1S/C27H25.3ClH.Ti/c1-20-9-6-14-24(17-20)27(25-15-7-10-21(2)18-25)26-16-8-13-23(26)19-22-11-4-3-5-12-22;;;;/h3-18,27H,19H2,1-2H3;3*1H;/q;;;;+3/p-3. The summed E-state index contributed by atoms with van der Waals surface area (Å²) in [5.41, 5.74) is 8.25. The minimum absolute atomic E-state index is 0. The molecule has 0 N–H and O–H groups in total. The molecule has 0 bridgehead atoms. The molecular formula is C27H25Cl3Ti. The zero-order chi connectivity index (χ0) is 19.6. The predicted octanol–water partition coefficient (Wildman–Crippen LogP) is -2.11. The minimum Gasteiger partial charge on any atom is -1.00 e. The van der Waals surface area contributed by atoms with Crippen LogP contribution >= 0.6 is 0 Å². The van der Waals surface area contributed by atoms with Gasteiger partial charge in [-0.15, -0.1) is 0 Å². The van der Waals surface area contributed by atoms with Gasteiger partial charge in [-0.3, -0.25) is 0 Å². The van der Waals surface area contributed by atoms with Crippen LogP contribution in [0, 0.1) is 13.8 Å². The van der Waals surface area contributed by atoms with Crippen molar-refractivity contribution in [1.29, 1.82) is 0 Å². The van der Waals surface area contributed by atoms with Crippen molar-refractivity contribution in [2.75, 3.05) is 0 Å². The molecule has 0 fully saturated rings. The second kappa shape index (κ2) is 12.1. The summed E-state index contributed by atoms with van der Waals surface area (Å²) in [6.07, 6.45) is 7.96. The summed E-state index contributed by atoms with van der Waals surface area (Å²) in [4.78, 5) is 0. The number of hydrogen-bond donors (Lipinski definition) is 0. The predicted molar refractivity (Wildman–Crippen MR) is 114 cm³/mol.